The van der Waals surface area contributed by atoms with Gasteiger partial charge in [0.05, 0.1) is 5.75 Å². The molecule has 1 atom stereocenters. The Morgan fingerprint density at radius 1 is 1.26 bits per heavy atom. The molecular weight excluding hydrogens is 318 g/mol. The first kappa shape index (κ1) is 19.6. The van der Waals surface area contributed by atoms with Crippen LogP contribution in [0.5, 0.6) is 0 Å². The van der Waals surface area contributed by atoms with Crippen LogP contribution in [0.2, 0.25) is 0 Å². The molecule has 23 heavy (non-hydrogen) atoms. The third-order valence-corrected chi connectivity index (χ3v) is 3.99. The van der Waals surface area contributed by atoms with E-state index in [-0.39, 0.29) is 24.7 Å². The van der Waals surface area contributed by atoms with Crippen molar-refractivity contribution < 1.29 is 22.5 Å². The maximum absolute atomic E-state index is 12.2. The Labute approximate surface area is 138 Å². The first-order chi connectivity index (χ1) is 10.8. The highest BCUT2D eigenvalue weighted by molar-refractivity contribution is 7.85. The monoisotopic (exact) mass is 343 g/mol. The minimum atomic E-state index is -3.97. The van der Waals surface area contributed by atoms with Crippen LogP contribution in [0.1, 0.15) is 32.3 Å². The topological polar surface area (TPSA) is 92.7 Å². The van der Waals surface area contributed by atoms with Gasteiger partial charge in [0.15, 0.2) is 0 Å². The van der Waals surface area contributed by atoms with E-state index in [1.165, 1.54) is 0 Å². The second-order valence-corrected chi connectivity index (χ2v) is 7.44. The SMILES string of the molecule is CC(C)C[C@H](NCCCS(=O)(=O)O)C(=O)OCc1ccccc1. The van der Waals surface area contributed by atoms with E-state index >= 15 is 0 Å². The molecule has 0 saturated heterocycles. The number of hydrogen-bond acceptors (Lipinski definition) is 5. The summed E-state index contributed by atoms with van der Waals surface area (Å²) in [6, 6.07) is 8.92. The molecule has 1 aromatic rings. The third kappa shape index (κ3) is 9.32. The molecule has 0 aliphatic heterocycles. The molecule has 1 rings (SSSR count). The number of esters is 1. The molecule has 0 aliphatic rings. The Hall–Kier alpha value is -1.44. The number of rotatable bonds is 10. The summed E-state index contributed by atoms with van der Waals surface area (Å²) >= 11 is 0. The molecular formula is C16H25NO5S. The van der Waals surface area contributed by atoms with Crippen LogP contribution >= 0.6 is 0 Å². The molecule has 0 saturated carbocycles. The highest BCUT2D eigenvalue weighted by Crippen LogP contribution is 2.09. The Kier molecular flexibility index (Phi) is 8.22. The first-order valence-electron chi connectivity index (χ1n) is 7.67. The predicted molar refractivity (Wildman–Crippen MR) is 88.5 cm³/mol. The number of hydrogen-bond donors (Lipinski definition) is 2. The summed E-state index contributed by atoms with van der Waals surface area (Å²) in [4.78, 5) is 12.2. The lowest BCUT2D eigenvalue weighted by atomic mass is 10.0. The van der Waals surface area contributed by atoms with Gasteiger partial charge in [0.2, 0.25) is 0 Å². The average Bonchev–Trinajstić information content (AvgIpc) is 2.47. The summed E-state index contributed by atoms with van der Waals surface area (Å²) in [6.07, 6.45) is 0.832. The molecule has 0 amide bonds. The van der Waals surface area contributed by atoms with E-state index in [0.29, 0.717) is 18.9 Å². The van der Waals surface area contributed by atoms with Gasteiger partial charge in [-0.2, -0.15) is 8.42 Å². The molecule has 2 N–H and O–H groups in total. The van der Waals surface area contributed by atoms with Crippen molar-refractivity contribution in [2.45, 2.75) is 39.3 Å². The van der Waals surface area contributed by atoms with Gasteiger partial charge in [-0.3, -0.25) is 9.35 Å². The lowest BCUT2D eigenvalue weighted by molar-refractivity contribution is -0.148. The zero-order chi connectivity index (χ0) is 17.3. The molecule has 0 heterocycles. The van der Waals surface area contributed by atoms with Crippen LogP contribution in [0, 0.1) is 5.92 Å². The maximum Gasteiger partial charge on any atom is 0.323 e. The van der Waals surface area contributed by atoms with Crippen molar-refractivity contribution >= 4 is 16.1 Å². The molecule has 0 aliphatic carbocycles. The fraction of sp³-hybridized carbons (Fsp3) is 0.562. The van der Waals surface area contributed by atoms with Crippen molar-refractivity contribution in [2.75, 3.05) is 12.3 Å². The van der Waals surface area contributed by atoms with Crippen molar-refractivity contribution in [1.82, 2.24) is 5.32 Å². The van der Waals surface area contributed by atoms with Crippen LogP contribution in [0.15, 0.2) is 30.3 Å². The van der Waals surface area contributed by atoms with Gasteiger partial charge in [0.1, 0.15) is 12.6 Å². The summed E-state index contributed by atoms with van der Waals surface area (Å²) < 4.78 is 35.4. The number of nitrogens with one attached hydrogen (secondary N) is 1. The molecule has 0 aromatic heterocycles. The van der Waals surface area contributed by atoms with Gasteiger partial charge in [0, 0.05) is 0 Å². The molecule has 0 spiro atoms. The van der Waals surface area contributed by atoms with Crippen LogP contribution in [0.25, 0.3) is 0 Å². The second-order valence-electron chi connectivity index (χ2n) is 5.87. The van der Waals surface area contributed by atoms with Crippen molar-refractivity contribution in [3.8, 4) is 0 Å². The van der Waals surface area contributed by atoms with Gasteiger partial charge in [-0.05, 0) is 30.9 Å². The molecule has 0 bridgehead atoms. The summed E-state index contributed by atoms with van der Waals surface area (Å²) in [5.41, 5.74) is 0.913. The summed E-state index contributed by atoms with van der Waals surface area (Å²) in [5, 5.41) is 3.01. The predicted octanol–water partition coefficient (Wildman–Crippen LogP) is 2.01. The summed E-state index contributed by atoms with van der Waals surface area (Å²) in [5.74, 6) is -0.388. The Morgan fingerprint density at radius 2 is 1.91 bits per heavy atom. The fourth-order valence-corrected chi connectivity index (χ4v) is 2.60. The number of ether oxygens (including phenoxy) is 1. The van der Waals surface area contributed by atoms with E-state index in [1.54, 1.807) is 0 Å². The molecule has 7 heteroatoms. The van der Waals surface area contributed by atoms with E-state index in [2.05, 4.69) is 5.32 Å². The van der Waals surface area contributed by atoms with Crippen LogP contribution in [-0.2, 0) is 26.3 Å². The van der Waals surface area contributed by atoms with Gasteiger partial charge in [-0.15, -0.1) is 0 Å². The van der Waals surface area contributed by atoms with Crippen LogP contribution < -0.4 is 5.32 Å². The molecule has 6 nitrogen and oxygen atoms in total. The quantitative estimate of drug-likeness (QED) is 0.383. The minimum absolute atomic E-state index is 0.209. The molecule has 130 valence electrons. The van der Waals surface area contributed by atoms with Crippen molar-refractivity contribution in [3.05, 3.63) is 35.9 Å². The van der Waals surface area contributed by atoms with Crippen LogP contribution in [-0.4, -0.2) is 37.3 Å². The first-order valence-corrected chi connectivity index (χ1v) is 9.28. The second kappa shape index (κ2) is 9.64. The number of carbonyl (C=O) groups is 1. The van der Waals surface area contributed by atoms with Crippen molar-refractivity contribution in [3.63, 3.8) is 0 Å². The summed E-state index contributed by atoms with van der Waals surface area (Å²) in [7, 11) is -3.97. The van der Waals surface area contributed by atoms with Gasteiger partial charge in [0.25, 0.3) is 10.1 Å². The molecule has 0 unspecified atom stereocenters. The summed E-state index contributed by atoms with van der Waals surface area (Å²) in [6.45, 7) is 4.52. The van der Waals surface area contributed by atoms with Gasteiger partial charge in [-0.1, -0.05) is 44.2 Å². The van der Waals surface area contributed by atoms with Gasteiger partial charge >= 0.3 is 5.97 Å². The average molecular weight is 343 g/mol. The Bertz CT molecular complexity index is 571. The molecule has 0 fully saturated rings. The van der Waals surface area contributed by atoms with E-state index in [0.717, 1.165) is 5.56 Å². The van der Waals surface area contributed by atoms with Crippen LogP contribution in [0.4, 0.5) is 0 Å². The highest BCUT2D eigenvalue weighted by atomic mass is 32.2. The fourth-order valence-electron chi connectivity index (χ4n) is 2.09. The van der Waals surface area contributed by atoms with Gasteiger partial charge < -0.3 is 10.1 Å². The van der Waals surface area contributed by atoms with E-state index < -0.39 is 16.2 Å². The Morgan fingerprint density at radius 3 is 2.48 bits per heavy atom. The van der Waals surface area contributed by atoms with Crippen LogP contribution in [0.3, 0.4) is 0 Å². The Balaban J connectivity index is 2.46. The normalized spacial score (nSPS) is 13.0. The van der Waals surface area contributed by atoms with E-state index in [1.807, 2.05) is 44.2 Å². The minimum Gasteiger partial charge on any atom is -0.460 e. The largest absolute Gasteiger partial charge is 0.460 e. The lowest BCUT2D eigenvalue weighted by Gasteiger charge is -2.19. The maximum atomic E-state index is 12.2. The van der Waals surface area contributed by atoms with Gasteiger partial charge in [-0.25, -0.2) is 0 Å². The molecule has 1 aromatic carbocycles. The smallest absolute Gasteiger partial charge is 0.323 e. The third-order valence-electron chi connectivity index (χ3n) is 3.19. The molecule has 0 radical (unpaired) electrons. The number of benzene rings is 1. The highest BCUT2D eigenvalue weighted by Gasteiger charge is 2.21. The zero-order valence-electron chi connectivity index (χ0n) is 13.6. The zero-order valence-corrected chi connectivity index (χ0v) is 14.4. The van der Waals surface area contributed by atoms with E-state index in [4.69, 9.17) is 9.29 Å². The van der Waals surface area contributed by atoms with Crippen molar-refractivity contribution in [1.29, 1.82) is 0 Å². The standard InChI is InChI=1S/C16H25NO5S/c1-13(2)11-15(17-9-6-10-23(19,20)21)16(18)22-12-14-7-4-3-5-8-14/h3-5,7-8,13,15,17H,6,9-12H2,1-2H3,(H,19,20,21)/t15-/m0/s1. The van der Waals surface area contributed by atoms with Crippen molar-refractivity contribution in [2.24, 2.45) is 5.92 Å². The lowest BCUT2D eigenvalue weighted by Crippen LogP contribution is -2.40. The van der Waals surface area contributed by atoms with E-state index in [9.17, 15) is 13.2 Å². The number of carbonyl (C=O) groups excluding carboxylic acids is 1.